The third kappa shape index (κ3) is 4.42. The van der Waals surface area contributed by atoms with Gasteiger partial charge in [-0.25, -0.2) is 17.5 Å². The number of hydrogen-bond donors (Lipinski definition) is 1. The van der Waals surface area contributed by atoms with E-state index in [1.165, 1.54) is 12.1 Å². The molecule has 0 unspecified atom stereocenters. The second-order valence-electron chi connectivity index (χ2n) is 6.34. The van der Waals surface area contributed by atoms with E-state index >= 15 is 0 Å². The molecule has 2 aromatic carbocycles. The molecule has 0 bridgehead atoms. The Morgan fingerprint density at radius 2 is 1.59 bits per heavy atom. The lowest BCUT2D eigenvalue weighted by molar-refractivity contribution is 0.581. The molecule has 0 spiro atoms. The van der Waals surface area contributed by atoms with Crippen LogP contribution < -0.4 is 4.72 Å². The maximum absolute atomic E-state index is 13.1. The lowest BCUT2D eigenvalue weighted by atomic mass is 10.1. The summed E-state index contributed by atoms with van der Waals surface area (Å²) in [6.45, 7) is 0.142. The van der Waals surface area contributed by atoms with Gasteiger partial charge < -0.3 is 0 Å². The van der Waals surface area contributed by atoms with Crippen LogP contribution in [0.25, 0.3) is 21.7 Å². The molecule has 2 aromatic heterocycles. The third-order valence-corrected chi connectivity index (χ3v) is 6.73. The van der Waals surface area contributed by atoms with Crippen LogP contribution in [0.1, 0.15) is 5.56 Å². The standard InChI is InChI=1S/C22H17FN2O2S2/c23-19-9-5-16(6-10-19)17-7-11-20(12-8-17)29(26,27)25-15-18-3-1-13-24-22(18)21-4-2-14-28-21/h1-14,25H,15H2. The van der Waals surface area contributed by atoms with Gasteiger partial charge >= 0.3 is 0 Å². The molecule has 0 radical (unpaired) electrons. The van der Waals surface area contributed by atoms with Crippen molar-refractivity contribution in [2.24, 2.45) is 0 Å². The lowest BCUT2D eigenvalue weighted by Gasteiger charge is -2.10. The van der Waals surface area contributed by atoms with Crippen molar-refractivity contribution < 1.29 is 12.8 Å². The highest BCUT2D eigenvalue weighted by atomic mass is 32.2. The molecule has 0 fully saturated rings. The minimum absolute atomic E-state index is 0.142. The Morgan fingerprint density at radius 3 is 2.24 bits per heavy atom. The quantitative estimate of drug-likeness (QED) is 0.469. The summed E-state index contributed by atoms with van der Waals surface area (Å²) < 4.78 is 41.2. The van der Waals surface area contributed by atoms with E-state index in [-0.39, 0.29) is 17.3 Å². The summed E-state index contributed by atoms with van der Waals surface area (Å²) in [6, 6.07) is 20.1. The summed E-state index contributed by atoms with van der Waals surface area (Å²) in [5.74, 6) is -0.311. The number of nitrogens with zero attached hydrogens (tertiary/aromatic N) is 1. The lowest BCUT2D eigenvalue weighted by Crippen LogP contribution is -2.23. The zero-order valence-corrected chi connectivity index (χ0v) is 16.9. The number of nitrogens with one attached hydrogen (secondary N) is 1. The molecular formula is C22H17FN2O2S2. The second kappa shape index (κ2) is 8.24. The van der Waals surface area contributed by atoms with E-state index in [1.807, 2.05) is 23.6 Å². The van der Waals surface area contributed by atoms with Crippen LogP contribution >= 0.6 is 11.3 Å². The Labute approximate surface area is 172 Å². The summed E-state index contributed by atoms with van der Waals surface area (Å²) in [7, 11) is -3.68. The topological polar surface area (TPSA) is 59.1 Å². The van der Waals surface area contributed by atoms with Gasteiger partial charge in [0.25, 0.3) is 0 Å². The van der Waals surface area contributed by atoms with Gasteiger partial charge in [-0.1, -0.05) is 36.4 Å². The fraction of sp³-hybridized carbons (Fsp3) is 0.0455. The minimum atomic E-state index is -3.68. The summed E-state index contributed by atoms with van der Waals surface area (Å²) in [5.41, 5.74) is 3.22. The highest BCUT2D eigenvalue weighted by Crippen LogP contribution is 2.26. The number of hydrogen-bond acceptors (Lipinski definition) is 4. The Balaban J connectivity index is 1.52. The molecule has 0 aliphatic heterocycles. The molecule has 0 amide bonds. The van der Waals surface area contributed by atoms with Crippen molar-refractivity contribution >= 4 is 21.4 Å². The summed E-state index contributed by atoms with van der Waals surface area (Å²) in [6.07, 6.45) is 1.70. The Kier molecular flexibility index (Phi) is 5.53. The fourth-order valence-electron chi connectivity index (χ4n) is 2.94. The molecule has 0 saturated carbocycles. The highest BCUT2D eigenvalue weighted by molar-refractivity contribution is 7.89. The zero-order chi connectivity index (χ0) is 20.3. The first-order valence-corrected chi connectivity index (χ1v) is 11.2. The molecule has 1 N–H and O–H groups in total. The summed E-state index contributed by atoms with van der Waals surface area (Å²) in [4.78, 5) is 5.56. The predicted octanol–water partition coefficient (Wildman–Crippen LogP) is 5.09. The van der Waals surface area contributed by atoms with Gasteiger partial charge in [-0.15, -0.1) is 11.3 Å². The molecule has 4 aromatic rings. The molecule has 29 heavy (non-hydrogen) atoms. The van der Waals surface area contributed by atoms with Gasteiger partial charge in [-0.05, 0) is 58.5 Å². The van der Waals surface area contributed by atoms with Gasteiger partial charge in [-0.2, -0.15) is 0 Å². The molecule has 7 heteroatoms. The van der Waals surface area contributed by atoms with E-state index in [0.29, 0.717) is 0 Å². The maximum Gasteiger partial charge on any atom is 0.240 e. The van der Waals surface area contributed by atoms with Crippen LogP contribution in [-0.4, -0.2) is 13.4 Å². The number of benzene rings is 2. The number of sulfonamides is 1. The van der Waals surface area contributed by atoms with E-state index in [1.54, 1.807) is 60.0 Å². The molecule has 0 atom stereocenters. The predicted molar refractivity (Wildman–Crippen MR) is 113 cm³/mol. The van der Waals surface area contributed by atoms with Gasteiger partial charge in [0.15, 0.2) is 0 Å². The first kappa shape index (κ1) is 19.4. The van der Waals surface area contributed by atoms with Crippen LogP contribution in [0.2, 0.25) is 0 Å². The summed E-state index contributed by atoms with van der Waals surface area (Å²) >= 11 is 1.56. The van der Waals surface area contributed by atoms with Gasteiger partial charge in [0.2, 0.25) is 10.0 Å². The Hall–Kier alpha value is -2.87. The van der Waals surface area contributed by atoms with Crippen molar-refractivity contribution in [3.05, 3.63) is 95.8 Å². The number of aromatic nitrogens is 1. The van der Waals surface area contributed by atoms with Crippen molar-refractivity contribution in [3.8, 4) is 21.7 Å². The van der Waals surface area contributed by atoms with Crippen LogP contribution in [0.15, 0.2) is 89.3 Å². The van der Waals surface area contributed by atoms with Crippen LogP contribution in [0.3, 0.4) is 0 Å². The fourth-order valence-corrected chi connectivity index (χ4v) is 4.70. The van der Waals surface area contributed by atoms with E-state index in [2.05, 4.69) is 9.71 Å². The van der Waals surface area contributed by atoms with E-state index in [9.17, 15) is 12.8 Å². The van der Waals surface area contributed by atoms with E-state index in [4.69, 9.17) is 0 Å². The van der Waals surface area contributed by atoms with Crippen LogP contribution in [0.4, 0.5) is 4.39 Å². The highest BCUT2D eigenvalue weighted by Gasteiger charge is 2.16. The first-order valence-electron chi connectivity index (χ1n) is 8.86. The van der Waals surface area contributed by atoms with Crippen LogP contribution in [-0.2, 0) is 16.6 Å². The second-order valence-corrected chi connectivity index (χ2v) is 9.06. The van der Waals surface area contributed by atoms with Crippen LogP contribution in [0, 0.1) is 5.82 Å². The first-order chi connectivity index (χ1) is 14.0. The Morgan fingerprint density at radius 1 is 0.897 bits per heavy atom. The Bertz CT molecular complexity index is 1200. The number of halogens is 1. The van der Waals surface area contributed by atoms with Crippen molar-refractivity contribution in [1.82, 2.24) is 9.71 Å². The maximum atomic E-state index is 13.1. The monoisotopic (exact) mass is 424 g/mol. The normalized spacial score (nSPS) is 11.5. The number of thiophene rings is 1. The van der Waals surface area contributed by atoms with Gasteiger partial charge in [0.1, 0.15) is 5.82 Å². The van der Waals surface area contributed by atoms with Crippen LogP contribution in [0.5, 0.6) is 0 Å². The average molecular weight is 425 g/mol. The molecule has 2 heterocycles. The molecule has 0 saturated heterocycles. The van der Waals surface area contributed by atoms with Gasteiger partial charge in [0, 0.05) is 12.7 Å². The van der Waals surface area contributed by atoms with Crippen molar-refractivity contribution in [2.75, 3.05) is 0 Å². The van der Waals surface area contributed by atoms with Gasteiger partial charge in [0.05, 0.1) is 15.5 Å². The molecule has 0 aliphatic rings. The number of rotatable bonds is 6. The number of pyridine rings is 1. The summed E-state index contributed by atoms with van der Waals surface area (Å²) in [5, 5.41) is 1.96. The largest absolute Gasteiger partial charge is 0.255 e. The zero-order valence-electron chi connectivity index (χ0n) is 15.2. The smallest absolute Gasteiger partial charge is 0.240 e. The molecule has 146 valence electrons. The average Bonchev–Trinajstić information content (AvgIpc) is 3.28. The van der Waals surface area contributed by atoms with E-state index in [0.717, 1.165) is 27.3 Å². The molecule has 4 rings (SSSR count). The third-order valence-electron chi connectivity index (χ3n) is 4.44. The molecule has 4 nitrogen and oxygen atoms in total. The minimum Gasteiger partial charge on any atom is -0.255 e. The molecular weight excluding hydrogens is 407 g/mol. The van der Waals surface area contributed by atoms with Crippen molar-refractivity contribution in [2.45, 2.75) is 11.4 Å². The van der Waals surface area contributed by atoms with Crippen molar-refractivity contribution in [3.63, 3.8) is 0 Å². The van der Waals surface area contributed by atoms with Crippen molar-refractivity contribution in [1.29, 1.82) is 0 Å². The van der Waals surface area contributed by atoms with E-state index < -0.39 is 10.0 Å². The van der Waals surface area contributed by atoms with Gasteiger partial charge in [-0.3, -0.25) is 4.98 Å². The SMILES string of the molecule is O=S(=O)(NCc1cccnc1-c1cccs1)c1ccc(-c2ccc(F)cc2)cc1. The molecule has 0 aliphatic carbocycles.